The highest BCUT2D eigenvalue weighted by Crippen LogP contribution is 2.20. The van der Waals surface area contributed by atoms with Crippen molar-refractivity contribution >= 4 is 25.5 Å². The van der Waals surface area contributed by atoms with E-state index >= 15 is 0 Å². The van der Waals surface area contributed by atoms with Gasteiger partial charge in [-0.2, -0.15) is 13.5 Å². The van der Waals surface area contributed by atoms with Crippen molar-refractivity contribution < 1.29 is 14.3 Å². The molecule has 2 rings (SSSR count). The lowest BCUT2D eigenvalue weighted by Crippen LogP contribution is -2.48. The molecule has 1 atom stereocenters. The van der Waals surface area contributed by atoms with Crippen LogP contribution in [0.25, 0.3) is 0 Å². The summed E-state index contributed by atoms with van der Waals surface area (Å²) >= 11 is 0. The maximum Gasteiger partial charge on any atom is 0.429 e. The van der Waals surface area contributed by atoms with E-state index in [2.05, 4.69) is 0 Å². The second-order valence-corrected chi connectivity index (χ2v) is 7.01. The zero-order chi connectivity index (χ0) is 17.0. The van der Waals surface area contributed by atoms with Crippen molar-refractivity contribution in [3.05, 3.63) is 35.9 Å². The topological polar surface area (TPSA) is 49.9 Å². The van der Waals surface area contributed by atoms with Crippen LogP contribution in [-0.2, 0) is 16.0 Å². The SMILES string of the molecule is C[C@@H](Cc1ccccc1)C(=O)N1CCCN1C(=O)OC(C)(C)C.S. The fourth-order valence-corrected chi connectivity index (χ4v) is 2.65. The van der Waals surface area contributed by atoms with E-state index in [1.54, 1.807) is 5.01 Å². The minimum Gasteiger partial charge on any atom is -0.442 e. The Morgan fingerprint density at radius 1 is 1.12 bits per heavy atom. The van der Waals surface area contributed by atoms with Gasteiger partial charge >= 0.3 is 6.09 Å². The first kappa shape index (κ1) is 20.4. The Bertz CT molecular complexity index is 557. The highest BCUT2D eigenvalue weighted by atomic mass is 32.1. The molecule has 1 heterocycles. The minimum atomic E-state index is -0.565. The van der Waals surface area contributed by atoms with Gasteiger partial charge in [-0.1, -0.05) is 37.3 Å². The standard InChI is InChI=1S/C18H26N2O3.H2S/c1-14(13-15-9-6-5-7-10-15)16(21)19-11-8-12-20(19)17(22)23-18(2,3)4;/h5-7,9-10,14H,8,11-13H2,1-4H3;1H2/t14-;/m0./s1. The molecule has 1 aliphatic heterocycles. The monoisotopic (exact) mass is 352 g/mol. The van der Waals surface area contributed by atoms with Gasteiger partial charge in [0.25, 0.3) is 0 Å². The van der Waals surface area contributed by atoms with Gasteiger partial charge in [-0.15, -0.1) is 0 Å². The summed E-state index contributed by atoms with van der Waals surface area (Å²) in [6.07, 6.45) is 0.997. The van der Waals surface area contributed by atoms with E-state index in [-0.39, 0.29) is 25.3 Å². The van der Waals surface area contributed by atoms with Crippen molar-refractivity contribution in [2.75, 3.05) is 13.1 Å². The molecule has 1 aromatic carbocycles. The Morgan fingerprint density at radius 3 is 2.29 bits per heavy atom. The van der Waals surface area contributed by atoms with Crippen LogP contribution in [0.4, 0.5) is 4.79 Å². The molecule has 0 aliphatic carbocycles. The molecule has 0 spiro atoms. The fraction of sp³-hybridized carbons (Fsp3) is 0.556. The number of carbonyl (C=O) groups excluding carboxylic acids is 2. The number of ether oxygens (including phenoxy) is 1. The van der Waals surface area contributed by atoms with E-state index in [0.29, 0.717) is 19.5 Å². The van der Waals surface area contributed by atoms with Crippen molar-refractivity contribution in [2.24, 2.45) is 5.92 Å². The van der Waals surface area contributed by atoms with Crippen LogP contribution in [0.15, 0.2) is 30.3 Å². The first-order valence-electron chi connectivity index (χ1n) is 8.13. The van der Waals surface area contributed by atoms with Gasteiger partial charge in [-0.3, -0.25) is 4.79 Å². The number of hydrogen-bond acceptors (Lipinski definition) is 3. The van der Waals surface area contributed by atoms with Gasteiger partial charge in [0.1, 0.15) is 5.60 Å². The first-order chi connectivity index (χ1) is 10.8. The van der Waals surface area contributed by atoms with Crippen LogP contribution in [0.3, 0.4) is 0 Å². The van der Waals surface area contributed by atoms with Crippen molar-refractivity contribution in [1.29, 1.82) is 0 Å². The number of amides is 2. The van der Waals surface area contributed by atoms with Crippen molar-refractivity contribution in [3.8, 4) is 0 Å². The number of rotatable bonds is 3. The minimum absolute atomic E-state index is 0. The summed E-state index contributed by atoms with van der Waals surface area (Å²) in [4.78, 5) is 25.0. The fourth-order valence-electron chi connectivity index (χ4n) is 2.65. The molecule has 134 valence electrons. The quantitative estimate of drug-likeness (QED) is 0.838. The van der Waals surface area contributed by atoms with Gasteiger partial charge in [0.2, 0.25) is 5.91 Å². The lowest BCUT2D eigenvalue weighted by atomic mass is 10.0. The van der Waals surface area contributed by atoms with Crippen LogP contribution in [0.5, 0.6) is 0 Å². The zero-order valence-corrected chi connectivity index (χ0v) is 15.9. The molecule has 5 nitrogen and oxygen atoms in total. The van der Waals surface area contributed by atoms with Gasteiger partial charge in [0.15, 0.2) is 0 Å². The third kappa shape index (κ3) is 5.44. The maximum absolute atomic E-state index is 12.7. The number of nitrogens with zero attached hydrogens (tertiary/aromatic N) is 2. The second-order valence-electron chi connectivity index (χ2n) is 7.01. The largest absolute Gasteiger partial charge is 0.442 e. The average Bonchev–Trinajstić information content (AvgIpc) is 2.95. The summed E-state index contributed by atoms with van der Waals surface area (Å²) < 4.78 is 5.39. The van der Waals surface area contributed by atoms with Crippen molar-refractivity contribution in [1.82, 2.24) is 10.0 Å². The smallest absolute Gasteiger partial charge is 0.429 e. The molecule has 1 aliphatic rings. The van der Waals surface area contributed by atoms with Gasteiger partial charge in [0.05, 0.1) is 0 Å². The Kier molecular flexibility index (Phi) is 7.14. The number of benzene rings is 1. The van der Waals surface area contributed by atoms with E-state index < -0.39 is 11.7 Å². The summed E-state index contributed by atoms with van der Waals surface area (Å²) in [6, 6.07) is 9.92. The molecule has 1 aromatic rings. The average molecular weight is 353 g/mol. The van der Waals surface area contributed by atoms with E-state index in [0.717, 1.165) is 12.0 Å². The van der Waals surface area contributed by atoms with E-state index in [1.807, 2.05) is 58.0 Å². The van der Waals surface area contributed by atoms with Crippen LogP contribution in [0.1, 0.15) is 39.7 Å². The van der Waals surface area contributed by atoms with Gasteiger partial charge in [-0.05, 0) is 39.2 Å². The van der Waals surface area contributed by atoms with Gasteiger partial charge in [-0.25, -0.2) is 14.8 Å². The summed E-state index contributed by atoms with van der Waals surface area (Å²) in [5.41, 5.74) is 0.556. The lowest BCUT2D eigenvalue weighted by molar-refractivity contribution is -0.146. The molecule has 0 bridgehead atoms. The Labute approximate surface area is 151 Å². The number of carbonyl (C=O) groups is 2. The van der Waals surface area contributed by atoms with Crippen LogP contribution >= 0.6 is 13.5 Å². The molecule has 1 saturated heterocycles. The van der Waals surface area contributed by atoms with Gasteiger partial charge in [0, 0.05) is 19.0 Å². The maximum atomic E-state index is 12.7. The third-order valence-electron chi connectivity index (χ3n) is 3.70. The highest BCUT2D eigenvalue weighted by molar-refractivity contribution is 7.59. The summed E-state index contributed by atoms with van der Waals surface area (Å²) in [5.74, 6) is -0.211. The Hall–Kier alpha value is -1.69. The molecule has 24 heavy (non-hydrogen) atoms. The molecular formula is C18H28N2O3S. The highest BCUT2D eigenvalue weighted by Gasteiger charge is 2.35. The zero-order valence-electron chi connectivity index (χ0n) is 14.9. The third-order valence-corrected chi connectivity index (χ3v) is 3.70. The molecule has 0 saturated carbocycles. The molecular weight excluding hydrogens is 324 g/mol. The van der Waals surface area contributed by atoms with E-state index in [1.165, 1.54) is 5.01 Å². The molecule has 0 aromatic heterocycles. The second kappa shape index (κ2) is 8.42. The lowest BCUT2D eigenvalue weighted by Gasteiger charge is -2.31. The Morgan fingerprint density at radius 2 is 1.71 bits per heavy atom. The summed E-state index contributed by atoms with van der Waals surface area (Å²) in [5, 5.41) is 2.98. The van der Waals surface area contributed by atoms with Crippen LogP contribution < -0.4 is 0 Å². The van der Waals surface area contributed by atoms with Crippen LogP contribution in [-0.4, -0.2) is 40.7 Å². The van der Waals surface area contributed by atoms with Crippen LogP contribution in [0.2, 0.25) is 0 Å². The molecule has 6 heteroatoms. The molecule has 0 radical (unpaired) electrons. The summed E-state index contributed by atoms with van der Waals surface area (Å²) in [6.45, 7) is 8.47. The van der Waals surface area contributed by atoms with Crippen molar-refractivity contribution in [3.63, 3.8) is 0 Å². The van der Waals surface area contributed by atoms with Gasteiger partial charge < -0.3 is 4.74 Å². The normalized spacial score (nSPS) is 15.7. The van der Waals surface area contributed by atoms with E-state index in [4.69, 9.17) is 4.74 Å². The molecule has 0 unspecified atom stereocenters. The van der Waals surface area contributed by atoms with Crippen LogP contribution in [0, 0.1) is 5.92 Å². The first-order valence-corrected chi connectivity index (χ1v) is 8.13. The summed E-state index contributed by atoms with van der Waals surface area (Å²) in [7, 11) is 0. The number of hydrogen-bond donors (Lipinski definition) is 0. The molecule has 0 N–H and O–H groups in total. The predicted octanol–water partition coefficient (Wildman–Crippen LogP) is 3.36. The predicted molar refractivity (Wildman–Crippen MR) is 99.0 cm³/mol. The molecule has 2 amide bonds. The Balaban J connectivity index is 0.00000288. The number of hydrazine groups is 1. The van der Waals surface area contributed by atoms with E-state index in [9.17, 15) is 9.59 Å². The van der Waals surface area contributed by atoms with Crippen molar-refractivity contribution in [2.45, 2.75) is 46.1 Å². The molecule has 1 fully saturated rings.